The van der Waals surface area contributed by atoms with E-state index in [1.165, 1.54) is 6.08 Å². The van der Waals surface area contributed by atoms with Gasteiger partial charge in [0.25, 0.3) is 11.8 Å². The van der Waals surface area contributed by atoms with Gasteiger partial charge in [-0.25, -0.2) is 9.69 Å². The number of halogens is 1. The van der Waals surface area contributed by atoms with Crippen molar-refractivity contribution in [3.05, 3.63) is 112 Å². The number of anilines is 1. The van der Waals surface area contributed by atoms with E-state index in [9.17, 15) is 14.4 Å². The summed E-state index contributed by atoms with van der Waals surface area (Å²) in [5.74, 6) is -1.42. The molecule has 7 heteroatoms. The Hall–Kier alpha value is -4.42. The molecule has 0 saturated carbocycles. The Morgan fingerprint density at radius 2 is 1.39 bits per heavy atom. The van der Waals surface area contributed by atoms with Crippen LogP contribution in [-0.2, 0) is 9.59 Å². The van der Waals surface area contributed by atoms with E-state index in [2.05, 4.69) is 34.1 Å². The Balaban J connectivity index is 1.49. The predicted octanol–water partition coefficient (Wildman–Crippen LogP) is 6.08. The monoisotopic (exact) mass is 495 g/mol. The molecule has 1 aliphatic heterocycles. The van der Waals surface area contributed by atoms with E-state index in [0.29, 0.717) is 16.3 Å². The van der Waals surface area contributed by atoms with Crippen molar-refractivity contribution >= 4 is 41.2 Å². The number of carbonyl (C=O) groups is 3. The first-order chi connectivity index (χ1) is 17.3. The number of amides is 4. The quantitative estimate of drug-likeness (QED) is 0.275. The predicted molar refractivity (Wildman–Crippen MR) is 141 cm³/mol. The van der Waals surface area contributed by atoms with E-state index < -0.39 is 17.8 Å². The van der Waals surface area contributed by atoms with E-state index in [1.54, 1.807) is 24.3 Å². The van der Waals surface area contributed by atoms with Crippen molar-refractivity contribution in [3.8, 4) is 16.8 Å². The molecule has 6 nitrogen and oxygen atoms in total. The van der Waals surface area contributed by atoms with Crippen molar-refractivity contribution in [2.45, 2.75) is 13.8 Å². The zero-order chi connectivity index (χ0) is 25.4. The van der Waals surface area contributed by atoms with E-state index in [-0.39, 0.29) is 5.57 Å². The molecule has 0 spiro atoms. The maximum absolute atomic E-state index is 13.2. The maximum Gasteiger partial charge on any atom is 0.335 e. The second kappa shape index (κ2) is 9.32. The van der Waals surface area contributed by atoms with Crippen LogP contribution >= 0.6 is 11.6 Å². The number of barbiturate groups is 1. The minimum atomic E-state index is -0.798. The number of benzene rings is 3. The van der Waals surface area contributed by atoms with Crippen LogP contribution in [0.25, 0.3) is 22.9 Å². The number of nitrogens with one attached hydrogen (secondary N) is 1. The highest BCUT2D eigenvalue weighted by Gasteiger charge is 2.37. The van der Waals surface area contributed by atoms with E-state index in [1.807, 2.05) is 50.2 Å². The highest BCUT2D eigenvalue weighted by molar-refractivity contribution is 6.39. The minimum Gasteiger partial charge on any atom is -0.318 e. The summed E-state index contributed by atoms with van der Waals surface area (Å²) in [7, 11) is 0. The molecule has 2 heterocycles. The number of aryl methyl sites for hydroxylation is 1. The third-order valence-corrected chi connectivity index (χ3v) is 6.44. The average molecular weight is 496 g/mol. The lowest BCUT2D eigenvalue weighted by molar-refractivity contribution is -0.122. The van der Waals surface area contributed by atoms with Crippen LogP contribution in [0.4, 0.5) is 10.5 Å². The van der Waals surface area contributed by atoms with Crippen molar-refractivity contribution in [3.63, 3.8) is 0 Å². The molecule has 0 atom stereocenters. The van der Waals surface area contributed by atoms with Gasteiger partial charge >= 0.3 is 6.03 Å². The minimum absolute atomic E-state index is 0.121. The molecule has 1 fully saturated rings. The Morgan fingerprint density at radius 1 is 0.778 bits per heavy atom. The second-order valence-electron chi connectivity index (χ2n) is 8.51. The largest absolute Gasteiger partial charge is 0.335 e. The number of urea groups is 1. The molecule has 0 bridgehead atoms. The summed E-state index contributed by atoms with van der Waals surface area (Å²) in [5, 5.41) is 2.73. The zero-order valence-corrected chi connectivity index (χ0v) is 20.4. The molecule has 4 aromatic rings. The Bertz CT molecular complexity index is 1520. The molecule has 5 rings (SSSR count). The van der Waals surface area contributed by atoms with Gasteiger partial charge in [-0.05, 0) is 79.1 Å². The molecule has 178 valence electrons. The third kappa shape index (κ3) is 4.23. The molecule has 1 aliphatic rings. The molecule has 4 amide bonds. The normalized spacial score (nSPS) is 14.9. The first kappa shape index (κ1) is 23.3. The number of imide groups is 2. The van der Waals surface area contributed by atoms with Crippen molar-refractivity contribution in [1.29, 1.82) is 0 Å². The molecule has 0 aliphatic carbocycles. The van der Waals surface area contributed by atoms with Gasteiger partial charge in [0.15, 0.2) is 0 Å². The molecule has 1 saturated heterocycles. The standard InChI is InChI=1S/C29H22ClN3O3/c1-18-16-22(19(2)32(18)24-12-8-21(9-13-24)20-6-4-3-5-7-20)17-26-27(34)31-29(36)33(28(26)35)25-14-10-23(30)11-15-25/h3-17H,1-2H3,(H,31,34,36). The van der Waals surface area contributed by atoms with Gasteiger partial charge in [-0.3, -0.25) is 14.9 Å². The molecule has 36 heavy (non-hydrogen) atoms. The van der Waals surface area contributed by atoms with E-state index in [0.717, 1.165) is 33.1 Å². The fourth-order valence-corrected chi connectivity index (χ4v) is 4.53. The first-order valence-electron chi connectivity index (χ1n) is 11.4. The molecular weight excluding hydrogens is 474 g/mol. The maximum atomic E-state index is 13.2. The van der Waals surface area contributed by atoms with Crippen LogP contribution in [0.5, 0.6) is 0 Å². The van der Waals surface area contributed by atoms with Crippen molar-refractivity contribution in [2.24, 2.45) is 0 Å². The Morgan fingerprint density at radius 3 is 2.06 bits per heavy atom. The van der Waals surface area contributed by atoms with Gasteiger partial charge in [-0.15, -0.1) is 0 Å². The summed E-state index contributed by atoms with van der Waals surface area (Å²) >= 11 is 5.94. The Labute approximate surface area is 213 Å². The van der Waals surface area contributed by atoms with Gasteiger partial charge in [0, 0.05) is 22.1 Å². The van der Waals surface area contributed by atoms with Crippen molar-refractivity contribution in [2.75, 3.05) is 4.90 Å². The molecule has 0 radical (unpaired) electrons. The summed E-state index contributed by atoms with van der Waals surface area (Å²) < 4.78 is 2.06. The topological polar surface area (TPSA) is 71.4 Å². The van der Waals surface area contributed by atoms with Crippen LogP contribution in [-0.4, -0.2) is 22.4 Å². The smallest absolute Gasteiger partial charge is 0.318 e. The number of nitrogens with zero attached hydrogens (tertiary/aromatic N) is 2. The fourth-order valence-electron chi connectivity index (χ4n) is 4.40. The van der Waals surface area contributed by atoms with Gasteiger partial charge in [0.2, 0.25) is 0 Å². The van der Waals surface area contributed by atoms with Crippen LogP contribution in [0.15, 0.2) is 90.5 Å². The molecule has 1 aromatic heterocycles. The van der Waals surface area contributed by atoms with Crippen LogP contribution in [0.2, 0.25) is 5.02 Å². The SMILES string of the molecule is Cc1cc(C=C2C(=O)NC(=O)N(c3ccc(Cl)cc3)C2=O)c(C)n1-c1ccc(-c2ccccc2)cc1. The lowest BCUT2D eigenvalue weighted by Gasteiger charge is -2.26. The first-order valence-corrected chi connectivity index (χ1v) is 11.7. The average Bonchev–Trinajstić information content (AvgIpc) is 3.16. The third-order valence-electron chi connectivity index (χ3n) is 6.19. The lowest BCUT2D eigenvalue weighted by Crippen LogP contribution is -2.54. The molecule has 3 aromatic carbocycles. The summed E-state index contributed by atoms with van der Waals surface area (Å²) in [6, 6.07) is 25.7. The van der Waals surface area contributed by atoms with Gasteiger partial charge in [-0.1, -0.05) is 54.1 Å². The van der Waals surface area contributed by atoms with Crippen LogP contribution in [0, 0.1) is 13.8 Å². The summed E-state index contributed by atoms with van der Waals surface area (Å²) in [6.45, 7) is 3.89. The number of carbonyl (C=O) groups excluding carboxylic acids is 3. The second-order valence-corrected chi connectivity index (χ2v) is 8.95. The summed E-state index contributed by atoms with van der Waals surface area (Å²) in [5.41, 5.74) is 5.94. The van der Waals surface area contributed by atoms with Gasteiger partial charge in [0.05, 0.1) is 5.69 Å². The van der Waals surface area contributed by atoms with Gasteiger partial charge in [-0.2, -0.15) is 0 Å². The highest BCUT2D eigenvalue weighted by Crippen LogP contribution is 2.28. The highest BCUT2D eigenvalue weighted by atomic mass is 35.5. The molecule has 0 unspecified atom stereocenters. The van der Waals surface area contributed by atoms with Crippen LogP contribution in [0.3, 0.4) is 0 Å². The number of hydrogen-bond acceptors (Lipinski definition) is 3. The molecular formula is C29H22ClN3O3. The molecule has 1 N–H and O–H groups in total. The summed E-state index contributed by atoms with van der Waals surface area (Å²) in [6.07, 6.45) is 1.53. The Kier molecular flexibility index (Phi) is 6.04. The van der Waals surface area contributed by atoms with Crippen LogP contribution < -0.4 is 10.2 Å². The van der Waals surface area contributed by atoms with Crippen LogP contribution in [0.1, 0.15) is 17.0 Å². The van der Waals surface area contributed by atoms with Gasteiger partial charge in [0.1, 0.15) is 5.57 Å². The zero-order valence-electron chi connectivity index (χ0n) is 19.7. The fraction of sp³-hybridized carbons (Fsp3) is 0.0690. The lowest BCUT2D eigenvalue weighted by atomic mass is 10.1. The van der Waals surface area contributed by atoms with E-state index in [4.69, 9.17) is 11.6 Å². The van der Waals surface area contributed by atoms with Crippen molar-refractivity contribution in [1.82, 2.24) is 9.88 Å². The number of rotatable bonds is 4. The number of hydrogen-bond donors (Lipinski definition) is 1. The van der Waals surface area contributed by atoms with E-state index >= 15 is 0 Å². The number of aromatic nitrogens is 1. The van der Waals surface area contributed by atoms with Gasteiger partial charge < -0.3 is 4.57 Å². The summed E-state index contributed by atoms with van der Waals surface area (Å²) in [4.78, 5) is 39.2. The van der Waals surface area contributed by atoms with Crippen molar-refractivity contribution < 1.29 is 14.4 Å².